The Labute approximate surface area is 161 Å². The molecule has 0 unspecified atom stereocenters. The lowest BCUT2D eigenvalue weighted by atomic mass is 10.3. The van der Waals surface area contributed by atoms with Gasteiger partial charge >= 0.3 is 0 Å². The molecule has 0 fully saturated rings. The smallest absolute Gasteiger partial charge is 0.246 e. The molecule has 0 aliphatic carbocycles. The first-order valence-corrected chi connectivity index (χ1v) is 8.83. The fourth-order valence-corrected chi connectivity index (χ4v) is 2.24. The van der Waals surface area contributed by atoms with E-state index >= 15 is 0 Å². The van der Waals surface area contributed by atoms with Gasteiger partial charge in [0.15, 0.2) is 0 Å². The highest BCUT2D eigenvalue weighted by Crippen LogP contribution is 1.99. The van der Waals surface area contributed by atoms with Gasteiger partial charge in [0.05, 0.1) is 0 Å². The van der Waals surface area contributed by atoms with Crippen molar-refractivity contribution in [2.75, 3.05) is 39.3 Å². The van der Waals surface area contributed by atoms with Crippen LogP contribution in [-0.2, 0) is 19.2 Å². The molecule has 0 aliphatic heterocycles. The lowest BCUT2D eigenvalue weighted by molar-refractivity contribution is -0.131. The van der Waals surface area contributed by atoms with Gasteiger partial charge in [-0.1, -0.05) is 19.7 Å². The molecule has 150 valence electrons. The summed E-state index contributed by atoms with van der Waals surface area (Å²) in [6.45, 7) is 14.2. The monoisotopic (exact) mass is 378 g/mol. The van der Waals surface area contributed by atoms with E-state index in [9.17, 15) is 19.2 Å². The largest absolute Gasteiger partial charge is 0.353 e. The number of carbonyl (C=O) groups is 4. The summed E-state index contributed by atoms with van der Waals surface area (Å²) in [5.74, 6) is -0.848. The van der Waals surface area contributed by atoms with Crippen molar-refractivity contribution in [3.05, 3.63) is 38.0 Å². The first kappa shape index (κ1) is 24.1. The fraction of sp³-hybridized carbons (Fsp3) is 0.474. The van der Waals surface area contributed by atoms with E-state index < -0.39 is 0 Å². The Bertz CT molecular complexity index is 560. The van der Waals surface area contributed by atoms with Crippen molar-refractivity contribution in [3.63, 3.8) is 0 Å². The minimum atomic E-state index is -0.261. The average molecular weight is 378 g/mol. The standard InChI is InChI=1S/C19H30N4O4/c1-5-17(25)20-10-8-12-22(16(4)24)14-15-23(19(27)7-3)13-9-11-21-18(26)6-2/h5-7H,1-3,8-15H2,4H3,(H,20,25)(H,21,26). The molecule has 0 heterocycles. The van der Waals surface area contributed by atoms with E-state index in [2.05, 4.69) is 30.4 Å². The molecule has 8 nitrogen and oxygen atoms in total. The van der Waals surface area contributed by atoms with Gasteiger partial charge in [0.25, 0.3) is 0 Å². The third-order valence-corrected chi connectivity index (χ3v) is 3.75. The van der Waals surface area contributed by atoms with Gasteiger partial charge in [-0.15, -0.1) is 0 Å². The molecule has 0 aromatic heterocycles. The SMILES string of the molecule is C=CC(=O)NCCCN(CCN(CCCNC(=O)C=C)C(=O)C=C)C(C)=O. The van der Waals surface area contributed by atoms with Crippen LogP contribution in [0.5, 0.6) is 0 Å². The number of carbonyl (C=O) groups excluding carboxylic acids is 4. The van der Waals surface area contributed by atoms with Crippen molar-refractivity contribution in [2.24, 2.45) is 0 Å². The van der Waals surface area contributed by atoms with Gasteiger partial charge in [0, 0.05) is 46.2 Å². The van der Waals surface area contributed by atoms with Crippen LogP contribution in [0.4, 0.5) is 0 Å². The van der Waals surface area contributed by atoms with Crippen LogP contribution in [0.2, 0.25) is 0 Å². The molecule has 0 aliphatic rings. The average Bonchev–Trinajstić information content (AvgIpc) is 2.66. The van der Waals surface area contributed by atoms with Crippen molar-refractivity contribution >= 4 is 23.6 Å². The highest BCUT2D eigenvalue weighted by molar-refractivity contribution is 5.87. The molecule has 2 N–H and O–H groups in total. The first-order valence-electron chi connectivity index (χ1n) is 8.83. The highest BCUT2D eigenvalue weighted by Gasteiger charge is 2.14. The molecule has 0 atom stereocenters. The Kier molecular flexibility index (Phi) is 12.8. The molecule has 0 aromatic carbocycles. The fourth-order valence-electron chi connectivity index (χ4n) is 2.24. The second-order valence-electron chi connectivity index (χ2n) is 5.73. The molecule has 4 amide bonds. The zero-order chi connectivity index (χ0) is 20.7. The zero-order valence-electron chi connectivity index (χ0n) is 16.0. The predicted molar refractivity (Wildman–Crippen MR) is 105 cm³/mol. The van der Waals surface area contributed by atoms with Crippen molar-refractivity contribution in [1.29, 1.82) is 0 Å². The first-order chi connectivity index (χ1) is 12.8. The number of amides is 4. The van der Waals surface area contributed by atoms with Crippen LogP contribution in [0.25, 0.3) is 0 Å². The Morgan fingerprint density at radius 2 is 1.19 bits per heavy atom. The molecule has 0 saturated carbocycles. The van der Waals surface area contributed by atoms with Gasteiger partial charge in [-0.3, -0.25) is 19.2 Å². The van der Waals surface area contributed by atoms with Crippen LogP contribution in [0.15, 0.2) is 38.0 Å². The molecular weight excluding hydrogens is 348 g/mol. The van der Waals surface area contributed by atoms with Gasteiger partial charge in [-0.2, -0.15) is 0 Å². The summed E-state index contributed by atoms with van der Waals surface area (Å²) < 4.78 is 0. The zero-order valence-corrected chi connectivity index (χ0v) is 16.0. The summed E-state index contributed by atoms with van der Waals surface area (Å²) in [6, 6.07) is 0. The van der Waals surface area contributed by atoms with E-state index in [4.69, 9.17) is 0 Å². The Balaban J connectivity index is 4.45. The highest BCUT2D eigenvalue weighted by atomic mass is 16.2. The van der Waals surface area contributed by atoms with E-state index in [0.29, 0.717) is 52.1 Å². The van der Waals surface area contributed by atoms with Crippen molar-refractivity contribution in [1.82, 2.24) is 20.4 Å². The van der Waals surface area contributed by atoms with Crippen LogP contribution in [0.1, 0.15) is 19.8 Å². The van der Waals surface area contributed by atoms with Gasteiger partial charge < -0.3 is 20.4 Å². The summed E-state index contributed by atoms with van der Waals surface area (Å²) in [5.41, 5.74) is 0. The number of hydrogen-bond donors (Lipinski definition) is 2. The summed E-state index contributed by atoms with van der Waals surface area (Å²) in [4.78, 5) is 49.2. The molecule has 0 radical (unpaired) electrons. The maximum atomic E-state index is 12.0. The molecule has 0 spiro atoms. The summed E-state index contributed by atoms with van der Waals surface area (Å²) in [5, 5.41) is 5.30. The molecule has 0 rings (SSSR count). The van der Waals surface area contributed by atoms with Crippen LogP contribution in [0, 0.1) is 0 Å². The molecule has 27 heavy (non-hydrogen) atoms. The molecule has 0 bridgehead atoms. The normalized spacial score (nSPS) is 9.67. The topological polar surface area (TPSA) is 98.8 Å². The number of nitrogens with one attached hydrogen (secondary N) is 2. The lowest BCUT2D eigenvalue weighted by Crippen LogP contribution is -2.41. The van der Waals surface area contributed by atoms with E-state index in [1.165, 1.54) is 25.2 Å². The van der Waals surface area contributed by atoms with Crippen LogP contribution >= 0.6 is 0 Å². The number of rotatable bonds is 14. The van der Waals surface area contributed by atoms with Crippen molar-refractivity contribution in [2.45, 2.75) is 19.8 Å². The second kappa shape index (κ2) is 14.3. The van der Waals surface area contributed by atoms with Crippen LogP contribution in [0.3, 0.4) is 0 Å². The lowest BCUT2D eigenvalue weighted by Gasteiger charge is -2.27. The summed E-state index contributed by atoms with van der Waals surface area (Å²) in [6.07, 6.45) is 4.79. The third kappa shape index (κ3) is 11.4. The van der Waals surface area contributed by atoms with Gasteiger partial charge in [-0.25, -0.2) is 0 Å². The van der Waals surface area contributed by atoms with Crippen LogP contribution < -0.4 is 10.6 Å². The molecule has 0 saturated heterocycles. The second-order valence-corrected chi connectivity index (χ2v) is 5.73. The summed E-state index contributed by atoms with van der Waals surface area (Å²) >= 11 is 0. The van der Waals surface area contributed by atoms with Gasteiger partial charge in [0.1, 0.15) is 0 Å². The Morgan fingerprint density at radius 1 is 0.741 bits per heavy atom. The predicted octanol–water partition coefficient (Wildman–Crippen LogP) is 0.234. The van der Waals surface area contributed by atoms with E-state index in [1.54, 1.807) is 9.80 Å². The summed E-state index contributed by atoms with van der Waals surface area (Å²) in [7, 11) is 0. The van der Waals surface area contributed by atoms with Crippen molar-refractivity contribution < 1.29 is 19.2 Å². The molecule has 0 aromatic rings. The van der Waals surface area contributed by atoms with Gasteiger partial charge in [0.2, 0.25) is 23.6 Å². The van der Waals surface area contributed by atoms with E-state index in [-0.39, 0.29) is 23.6 Å². The minimum absolute atomic E-state index is 0.103. The molecule has 8 heteroatoms. The maximum absolute atomic E-state index is 12.0. The maximum Gasteiger partial charge on any atom is 0.246 e. The molecular formula is C19H30N4O4. The van der Waals surface area contributed by atoms with Gasteiger partial charge in [-0.05, 0) is 31.1 Å². The quantitative estimate of drug-likeness (QED) is 0.334. The van der Waals surface area contributed by atoms with Crippen LogP contribution in [-0.4, -0.2) is 72.7 Å². The number of hydrogen-bond acceptors (Lipinski definition) is 4. The Hall–Kier alpha value is -2.90. The van der Waals surface area contributed by atoms with E-state index in [1.807, 2.05) is 0 Å². The van der Waals surface area contributed by atoms with E-state index in [0.717, 1.165) is 0 Å². The number of nitrogens with zero attached hydrogens (tertiary/aromatic N) is 2. The third-order valence-electron chi connectivity index (χ3n) is 3.75. The minimum Gasteiger partial charge on any atom is -0.353 e. The van der Waals surface area contributed by atoms with Crippen molar-refractivity contribution in [3.8, 4) is 0 Å². The Morgan fingerprint density at radius 3 is 1.59 bits per heavy atom.